The molecule has 0 unspecified atom stereocenters. The molecule has 110 valence electrons. The fraction of sp³-hybridized carbons (Fsp3) is 0.0667. The molecule has 0 amide bonds. The molecular weight excluding hydrogens is 300 g/mol. The van der Waals surface area contributed by atoms with E-state index in [9.17, 15) is 8.42 Å². The van der Waals surface area contributed by atoms with E-state index in [1.165, 1.54) is 12.1 Å². The Labute approximate surface area is 127 Å². The Morgan fingerprint density at radius 1 is 1.14 bits per heavy atom. The number of fused-ring (bicyclic) bond motifs is 1. The van der Waals surface area contributed by atoms with Crippen molar-refractivity contribution < 1.29 is 8.42 Å². The largest absolute Gasteiger partial charge is 0.341 e. The van der Waals surface area contributed by atoms with Crippen LogP contribution >= 0.6 is 0 Å². The fourth-order valence-electron chi connectivity index (χ4n) is 2.12. The van der Waals surface area contributed by atoms with Gasteiger partial charge in [0.15, 0.2) is 0 Å². The van der Waals surface area contributed by atoms with Crippen LogP contribution in [0.5, 0.6) is 0 Å². The van der Waals surface area contributed by atoms with Crippen molar-refractivity contribution in [2.75, 3.05) is 0 Å². The lowest BCUT2D eigenvalue weighted by Crippen LogP contribution is -2.24. The Morgan fingerprint density at radius 3 is 2.64 bits per heavy atom. The Kier molecular flexibility index (Phi) is 3.63. The van der Waals surface area contributed by atoms with E-state index in [4.69, 9.17) is 5.26 Å². The number of sulfonamides is 1. The van der Waals surface area contributed by atoms with Crippen molar-refractivity contribution in [3.63, 3.8) is 0 Å². The molecule has 0 saturated carbocycles. The van der Waals surface area contributed by atoms with Gasteiger partial charge in [0.25, 0.3) is 0 Å². The summed E-state index contributed by atoms with van der Waals surface area (Å²) in [7, 11) is -3.77. The third-order valence-corrected chi connectivity index (χ3v) is 4.62. The van der Waals surface area contributed by atoms with E-state index in [1.54, 1.807) is 12.1 Å². The SMILES string of the molecule is N#Cc1ccccc1S(=O)(=O)NCc1nc2ccccc2[nH]1. The molecule has 3 rings (SSSR count). The van der Waals surface area contributed by atoms with Crippen LogP contribution in [0.15, 0.2) is 53.4 Å². The van der Waals surface area contributed by atoms with Gasteiger partial charge in [-0.15, -0.1) is 0 Å². The lowest BCUT2D eigenvalue weighted by molar-refractivity contribution is 0.579. The molecule has 0 spiro atoms. The van der Waals surface area contributed by atoms with Gasteiger partial charge in [-0.3, -0.25) is 0 Å². The molecule has 22 heavy (non-hydrogen) atoms. The topological polar surface area (TPSA) is 98.6 Å². The number of rotatable bonds is 4. The minimum atomic E-state index is -3.77. The molecule has 0 aliphatic rings. The Balaban J connectivity index is 1.84. The molecule has 0 atom stereocenters. The summed E-state index contributed by atoms with van der Waals surface area (Å²) in [4.78, 5) is 7.32. The van der Waals surface area contributed by atoms with Crippen molar-refractivity contribution in [3.8, 4) is 6.07 Å². The number of hydrogen-bond donors (Lipinski definition) is 2. The molecular formula is C15H12N4O2S. The molecule has 0 aliphatic carbocycles. The maximum Gasteiger partial charge on any atom is 0.242 e. The first-order valence-electron chi connectivity index (χ1n) is 6.52. The number of H-pyrrole nitrogens is 1. The lowest BCUT2D eigenvalue weighted by atomic mass is 10.2. The highest BCUT2D eigenvalue weighted by atomic mass is 32.2. The second-order valence-corrected chi connectivity index (χ2v) is 6.37. The minimum absolute atomic E-state index is 0.0246. The zero-order chi connectivity index (χ0) is 15.6. The molecule has 0 fully saturated rings. The smallest absolute Gasteiger partial charge is 0.242 e. The summed E-state index contributed by atoms with van der Waals surface area (Å²) in [5.41, 5.74) is 1.72. The summed E-state index contributed by atoms with van der Waals surface area (Å²) in [5, 5.41) is 9.00. The zero-order valence-electron chi connectivity index (χ0n) is 11.4. The summed E-state index contributed by atoms with van der Waals surface area (Å²) in [5.74, 6) is 0.513. The number of hydrogen-bond acceptors (Lipinski definition) is 4. The summed E-state index contributed by atoms with van der Waals surface area (Å²) >= 11 is 0. The van der Waals surface area contributed by atoms with Gasteiger partial charge < -0.3 is 4.98 Å². The maximum absolute atomic E-state index is 12.3. The molecule has 1 heterocycles. The number of aromatic nitrogens is 2. The van der Waals surface area contributed by atoms with Gasteiger partial charge in [0, 0.05) is 0 Å². The van der Waals surface area contributed by atoms with Gasteiger partial charge in [0.05, 0.1) is 28.0 Å². The molecule has 7 heteroatoms. The molecule has 2 N–H and O–H groups in total. The zero-order valence-corrected chi connectivity index (χ0v) is 12.3. The quantitative estimate of drug-likeness (QED) is 0.768. The maximum atomic E-state index is 12.3. The highest BCUT2D eigenvalue weighted by molar-refractivity contribution is 7.89. The van der Waals surface area contributed by atoms with Crippen LogP contribution in [0.4, 0.5) is 0 Å². The van der Waals surface area contributed by atoms with E-state index in [2.05, 4.69) is 14.7 Å². The van der Waals surface area contributed by atoms with Gasteiger partial charge in [0.2, 0.25) is 10.0 Å². The van der Waals surface area contributed by atoms with Gasteiger partial charge >= 0.3 is 0 Å². The van der Waals surface area contributed by atoms with Crippen molar-refractivity contribution in [3.05, 3.63) is 59.9 Å². The first kappa shape index (κ1) is 14.3. The first-order valence-corrected chi connectivity index (χ1v) is 8.01. The van der Waals surface area contributed by atoms with Gasteiger partial charge in [-0.05, 0) is 24.3 Å². The number of para-hydroxylation sites is 2. The fourth-order valence-corrected chi connectivity index (χ4v) is 3.27. The molecule has 0 aliphatic heterocycles. The van der Waals surface area contributed by atoms with Gasteiger partial charge in [-0.2, -0.15) is 5.26 Å². The van der Waals surface area contributed by atoms with Crippen LogP contribution in [0, 0.1) is 11.3 Å². The van der Waals surface area contributed by atoms with Crippen LogP contribution in [0.1, 0.15) is 11.4 Å². The van der Waals surface area contributed by atoms with Gasteiger partial charge in [0.1, 0.15) is 11.9 Å². The van der Waals surface area contributed by atoms with E-state index in [1.807, 2.05) is 30.3 Å². The number of nitrogens with zero attached hydrogens (tertiary/aromatic N) is 2. The number of nitrogens with one attached hydrogen (secondary N) is 2. The van der Waals surface area contributed by atoms with Crippen molar-refractivity contribution in [2.24, 2.45) is 0 Å². The number of aromatic amines is 1. The third kappa shape index (κ3) is 2.70. The summed E-state index contributed by atoms with van der Waals surface area (Å²) in [6, 6.07) is 15.4. The summed E-state index contributed by atoms with van der Waals surface area (Å²) < 4.78 is 27.0. The van der Waals surface area contributed by atoms with Crippen LogP contribution in [0.3, 0.4) is 0 Å². The van der Waals surface area contributed by atoms with Crippen LogP contribution in [-0.2, 0) is 16.6 Å². The van der Waals surface area contributed by atoms with Crippen molar-refractivity contribution in [2.45, 2.75) is 11.4 Å². The average Bonchev–Trinajstić information content (AvgIpc) is 2.96. The number of nitriles is 1. The van der Waals surface area contributed by atoms with E-state index in [0.29, 0.717) is 5.82 Å². The van der Waals surface area contributed by atoms with E-state index in [0.717, 1.165) is 11.0 Å². The Bertz CT molecular complexity index is 937. The van der Waals surface area contributed by atoms with Crippen LogP contribution in [0.2, 0.25) is 0 Å². The molecule has 0 saturated heterocycles. The summed E-state index contributed by atoms with van der Waals surface area (Å²) in [6.07, 6.45) is 0. The van der Waals surface area contributed by atoms with E-state index < -0.39 is 10.0 Å². The number of benzene rings is 2. The molecule has 2 aromatic carbocycles. The standard InChI is InChI=1S/C15H12N4O2S/c16-9-11-5-1-4-8-14(11)22(20,21)17-10-15-18-12-6-2-3-7-13(12)19-15/h1-8,17H,10H2,(H,18,19). The highest BCUT2D eigenvalue weighted by Crippen LogP contribution is 2.15. The monoisotopic (exact) mass is 312 g/mol. The molecule has 3 aromatic rings. The van der Waals surface area contributed by atoms with E-state index in [-0.39, 0.29) is 17.0 Å². The average molecular weight is 312 g/mol. The Hall–Kier alpha value is -2.69. The van der Waals surface area contributed by atoms with Crippen molar-refractivity contribution >= 4 is 21.1 Å². The molecule has 1 aromatic heterocycles. The molecule has 0 bridgehead atoms. The third-order valence-electron chi connectivity index (χ3n) is 3.17. The Morgan fingerprint density at radius 2 is 1.86 bits per heavy atom. The van der Waals surface area contributed by atoms with E-state index >= 15 is 0 Å². The van der Waals surface area contributed by atoms with Crippen LogP contribution in [-0.4, -0.2) is 18.4 Å². The van der Waals surface area contributed by atoms with Crippen LogP contribution in [0.25, 0.3) is 11.0 Å². The molecule has 6 nitrogen and oxygen atoms in total. The number of imidazole rings is 1. The predicted octanol–water partition coefficient (Wildman–Crippen LogP) is 1.91. The normalized spacial score (nSPS) is 11.4. The van der Waals surface area contributed by atoms with Gasteiger partial charge in [-0.1, -0.05) is 24.3 Å². The minimum Gasteiger partial charge on any atom is -0.341 e. The lowest BCUT2D eigenvalue weighted by Gasteiger charge is -2.06. The van der Waals surface area contributed by atoms with Crippen LogP contribution < -0.4 is 4.72 Å². The van der Waals surface area contributed by atoms with Gasteiger partial charge in [-0.25, -0.2) is 18.1 Å². The second kappa shape index (κ2) is 5.60. The van der Waals surface area contributed by atoms with Crippen molar-refractivity contribution in [1.82, 2.24) is 14.7 Å². The molecule has 0 radical (unpaired) electrons. The summed E-state index contributed by atoms with van der Waals surface area (Å²) in [6.45, 7) is 0.0246. The highest BCUT2D eigenvalue weighted by Gasteiger charge is 2.18. The second-order valence-electron chi connectivity index (χ2n) is 4.63. The van der Waals surface area contributed by atoms with Crippen molar-refractivity contribution in [1.29, 1.82) is 5.26 Å². The predicted molar refractivity (Wildman–Crippen MR) is 81.3 cm³/mol. The first-order chi connectivity index (χ1) is 10.6.